The number of benzene rings is 1. The zero-order chi connectivity index (χ0) is 10.6. The van der Waals surface area contributed by atoms with E-state index >= 15 is 0 Å². The van der Waals surface area contributed by atoms with Gasteiger partial charge in [0.2, 0.25) is 7.37 Å². The van der Waals surface area contributed by atoms with Gasteiger partial charge in [0.25, 0.3) is 0 Å². The normalized spacial score (nSPS) is 14.5. The molecular formula is C10H15O3P. The molecule has 78 valence electrons. The van der Waals surface area contributed by atoms with Crippen LogP contribution in [-0.4, -0.2) is 19.9 Å². The van der Waals surface area contributed by atoms with Crippen LogP contribution in [0.1, 0.15) is 6.92 Å². The average molecular weight is 214 g/mol. The number of ether oxygens (including phenoxy) is 1. The Kier molecular flexibility index (Phi) is 3.59. The third-order valence-electron chi connectivity index (χ3n) is 1.91. The van der Waals surface area contributed by atoms with Crippen molar-refractivity contribution in [2.75, 3.05) is 19.9 Å². The second-order valence-electron chi connectivity index (χ2n) is 3.10. The van der Waals surface area contributed by atoms with Crippen LogP contribution < -0.4 is 9.26 Å². The third kappa shape index (κ3) is 3.08. The van der Waals surface area contributed by atoms with E-state index in [-0.39, 0.29) is 0 Å². The first-order valence-corrected chi connectivity index (χ1v) is 6.73. The number of hydrogen-bond donors (Lipinski definition) is 0. The zero-order valence-electron chi connectivity index (χ0n) is 8.69. The van der Waals surface area contributed by atoms with Gasteiger partial charge in [-0.15, -0.1) is 0 Å². The van der Waals surface area contributed by atoms with E-state index in [1.807, 2.05) is 19.1 Å². The summed E-state index contributed by atoms with van der Waals surface area (Å²) in [7, 11) is -0.893. The van der Waals surface area contributed by atoms with Crippen molar-refractivity contribution >= 4 is 7.37 Å². The fraction of sp³-hybridized carbons (Fsp3) is 0.400. The summed E-state index contributed by atoms with van der Waals surface area (Å²) in [5.41, 5.74) is 0. The van der Waals surface area contributed by atoms with Crippen LogP contribution in [0.5, 0.6) is 11.5 Å². The largest absolute Gasteiger partial charge is 0.497 e. The molecule has 3 nitrogen and oxygen atoms in total. The first-order valence-electron chi connectivity index (χ1n) is 4.47. The predicted molar refractivity (Wildman–Crippen MR) is 57.7 cm³/mol. The van der Waals surface area contributed by atoms with Crippen LogP contribution in [-0.2, 0) is 4.57 Å². The van der Waals surface area contributed by atoms with Gasteiger partial charge in [-0.2, -0.15) is 0 Å². The Morgan fingerprint density at radius 2 is 2.00 bits per heavy atom. The lowest BCUT2D eigenvalue weighted by atomic mass is 10.3. The highest BCUT2D eigenvalue weighted by atomic mass is 31.2. The van der Waals surface area contributed by atoms with Gasteiger partial charge < -0.3 is 9.26 Å². The molecule has 0 heterocycles. The highest BCUT2D eigenvalue weighted by Crippen LogP contribution is 2.42. The van der Waals surface area contributed by atoms with Gasteiger partial charge in [0.05, 0.1) is 7.11 Å². The summed E-state index contributed by atoms with van der Waals surface area (Å²) in [6, 6.07) is 7.13. The van der Waals surface area contributed by atoms with Crippen molar-refractivity contribution in [2.24, 2.45) is 0 Å². The maximum atomic E-state index is 11.7. The van der Waals surface area contributed by atoms with Crippen LogP contribution >= 0.6 is 7.37 Å². The van der Waals surface area contributed by atoms with Gasteiger partial charge in [0.1, 0.15) is 11.5 Å². The SMILES string of the molecule is CCP(C)(=O)Oc1cccc(OC)c1. The average Bonchev–Trinajstić information content (AvgIpc) is 2.17. The first-order chi connectivity index (χ1) is 6.57. The van der Waals surface area contributed by atoms with Crippen LogP contribution in [0.3, 0.4) is 0 Å². The molecule has 0 bridgehead atoms. The Balaban J connectivity index is 2.82. The lowest BCUT2D eigenvalue weighted by molar-refractivity contribution is 0.411. The van der Waals surface area contributed by atoms with Crippen molar-refractivity contribution in [3.05, 3.63) is 24.3 Å². The molecule has 0 amide bonds. The smallest absolute Gasteiger partial charge is 0.244 e. The third-order valence-corrected chi connectivity index (χ3v) is 3.66. The molecule has 1 atom stereocenters. The van der Waals surface area contributed by atoms with Crippen LogP contribution in [0.2, 0.25) is 0 Å². The highest BCUT2D eigenvalue weighted by Gasteiger charge is 2.13. The summed E-state index contributed by atoms with van der Waals surface area (Å²) in [6.07, 6.45) is 0.532. The highest BCUT2D eigenvalue weighted by molar-refractivity contribution is 7.58. The monoisotopic (exact) mass is 214 g/mol. The summed E-state index contributed by atoms with van der Waals surface area (Å²) >= 11 is 0. The van der Waals surface area contributed by atoms with Crippen LogP contribution in [0.25, 0.3) is 0 Å². The second-order valence-corrected chi connectivity index (χ2v) is 5.94. The molecule has 1 rings (SSSR count). The van der Waals surface area contributed by atoms with Gasteiger partial charge in [-0.3, -0.25) is 4.57 Å². The van der Waals surface area contributed by atoms with E-state index < -0.39 is 7.37 Å². The van der Waals surface area contributed by atoms with Crippen LogP contribution in [0.15, 0.2) is 24.3 Å². The summed E-state index contributed by atoms with van der Waals surface area (Å²) in [6.45, 7) is 3.48. The predicted octanol–water partition coefficient (Wildman–Crippen LogP) is 3.00. The summed E-state index contributed by atoms with van der Waals surface area (Å²) in [5, 5.41) is 0. The molecule has 0 aromatic heterocycles. The van der Waals surface area contributed by atoms with Gasteiger partial charge >= 0.3 is 0 Å². The molecule has 0 spiro atoms. The van der Waals surface area contributed by atoms with Crippen molar-refractivity contribution in [1.82, 2.24) is 0 Å². The molecule has 0 aliphatic rings. The van der Waals surface area contributed by atoms with E-state index in [1.165, 1.54) is 0 Å². The second kappa shape index (κ2) is 4.52. The molecule has 1 unspecified atom stereocenters. The molecule has 0 N–H and O–H groups in total. The molecule has 0 radical (unpaired) electrons. The molecule has 0 aliphatic carbocycles. The van der Waals surface area contributed by atoms with E-state index in [0.29, 0.717) is 17.7 Å². The standard InChI is InChI=1S/C10H15O3P/c1-4-14(3,11)13-10-7-5-6-9(8-10)12-2/h5-8H,4H2,1-3H3. The Hall–Kier alpha value is -0.950. The van der Waals surface area contributed by atoms with E-state index in [0.717, 1.165) is 0 Å². The van der Waals surface area contributed by atoms with Gasteiger partial charge in [-0.25, -0.2) is 0 Å². The Bertz CT molecular complexity index is 349. The quantitative estimate of drug-likeness (QED) is 0.723. The Morgan fingerprint density at radius 3 is 2.57 bits per heavy atom. The Labute approximate surface area is 84.5 Å². The molecule has 0 aliphatic heterocycles. The molecule has 14 heavy (non-hydrogen) atoms. The first kappa shape index (κ1) is 11.1. The molecule has 0 fully saturated rings. The number of hydrogen-bond acceptors (Lipinski definition) is 3. The topological polar surface area (TPSA) is 35.5 Å². The van der Waals surface area contributed by atoms with E-state index in [2.05, 4.69) is 0 Å². The fourth-order valence-electron chi connectivity index (χ4n) is 0.946. The van der Waals surface area contributed by atoms with Gasteiger partial charge in [0, 0.05) is 18.9 Å². The molecule has 1 aromatic rings. The summed E-state index contributed by atoms with van der Waals surface area (Å²) < 4.78 is 22.1. The molecule has 0 saturated heterocycles. The Morgan fingerprint density at radius 1 is 1.36 bits per heavy atom. The molecule has 4 heteroatoms. The van der Waals surface area contributed by atoms with Gasteiger partial charge in [0.15, 0.2) is 0 Å². The lowest BCUT2D eigenvalue weighted by Crippen LogP contribution is -1.93. The van der Waals surface area contributed by atoms with Crippen LogP contribution in [0, 0.1) is 0 Å². The van der Waals surface area contributed by atoms with Gasteiger partial charge in [-0.05, 0) is 12.1 Å². The van der Waals surface area contributed by atoms with Crippen molar-refractivity contribution in [3.8, 4) is 11.5 Å². The summed E-state index contributed by atoms with van der Waals surface area (Å²) in [5.74, 6) is 1.30. The molecule has 0 saturated carbocycles. The number of rotatable bonds is 4. The fourth-order valence-corrected chi connectivity index (χ4v) is 1.63. The minimum absolute atomic E-state index is 0.532. The lowest BCUT2D eigenvalue weighted by Gasteiger charge is -2.13. The zero-order valence-corrected chi connectivity index (χ0v) is 9.58. The molecule has 1 aromatic carbocycles. The van der Waals surface area contributed by atoms with Crippen molar-refractivity contribution in [2.45, 2.75) is 6.92 Å². The van der Waals surface area contributed by atoms with Crippen molar-refractivity contribution in [3.63, 3.8) is 0 Å². The maximum absolute atomic E-state index is 11.7. The minimum Gasteiger partial charge on any atom is -0.497 e. The maximum Gasteiger partial charge on any atom is 0.244 e. The van der Waals surface area contributed by atoms with Gasteiger partial charge in [-0.1, -0.05) is 13.0 Å². The van der Waals surface area contributed by atoms with E-state index in [4.69, 9.17) is 9.26 Å². The van der Waals surface area contributed by atoms with E-state index in [1.54, 1.807) is 25.9 Å². The molecular weight excluding hydrogens is 199 g/mol. The van der Waals surface area contributed by atoms with Crippen LogP contribution in [0.4, 0.5) is 0 Å². The summed E-state index contributed by atoms with van der Waals surface area (Å²) in [4.78, 5) is 0. The minimum atomic E-state index is -2.48. The van der Waals surface area contributed by atoms with Crippen molar-refractivity contribution < 1.29 is 13.8 Å². The van der Waals surface area contributed by atoms with E-state index in [9.17, 15) is 4.57 Å². The number of methoxy groups -OCH3 is 1. The van der Waals surface area contributed by atoms with Crippen molar-refractivity contribution in [1.29, 1.82) is 0 Å².